The highest BCUT2D eigenvalue weighted by atomic mass is 16.6. The molecule has 0 aliphatic heterocycles. The highest BCUT2D eigenvalue weighted by molar-refractivity contribution is 6.44. The molecule has 0 fully saturated rings. The Labute approximate surface area is 147 Å². The van der Waals surface area contributed by atoms with E-state index in [0.717, 1.165) is 19.5 Å². The molecule has 0 aromatic carbocycles. The van der Waals surface area contributed by atoms with Gasteiger partial charge in [0, 0.05) is 13.2 Å². The zero-order chi connectivity index (χ0) is 17.0. The lowest BCUT2D eigenvalue weighted by atomic mass is 9.82. The van der Waals surface area contributed by atoms with Crippen LogP contribution in [-0.4, -0.2) is 20.3 Å². The van der Waals surface area contributed by atoms with Gasteiger partial charge in [-0.25, -0.2) is 0 Å². The summed E-state index contributed by atoms with van der Waals surface area (Å²) >= 11 is 0. The number of rotatable bonds is 19. The minimum atomic E-state index is 0.0428. The minimum absolute atomic E-state index is 0.0428. The molecular formula is C20H43BO2. The molecule has 0 amide bonds. The fourth-order valence-electron chi connectivity index (χ4n) is 2.78. The van der Waals surface area contributed by atoms with Crippen molar-refractivity contribution in [2.75, 3.05) is 13.2 Å². The van der Waals surface area contributed by atoms with E-state index < -0.39 is 0 Å². The lowest BCUT2D eigenvalue weighted by Gasteiger charge is -2.14. The molecule has 2 nitrogen and oxygen atoms in total. The van der Waals surface area contributed by atoms with Crippen molar-refractivity contribution < 1.29 is 9.31 Å². The molecule has 23 heavy (non-hydrogen) atoms. The van der Waals surface area contributed by atoms with Crippen molar-refractivity contribution in [3.8, 4) is 0 Å². The average molecular weight is 326 g/mol. The van der Waals surface area contributed by atoms with E-state index in [4.69, 9.17) is 9.31 Å². The van der Waals surface area contributed by atoms with Gasteiger partial charge >= 0.3 is 7.12 Å². The first-order valence-corrected chi connectivity index (χ1v) is 10.6. The summed E-state index contributed by atoms with van der Waals surface area (Å²) in [5.74, 6) is 0. The van der Waals surface area contributed by atoms with Gasteiger partial charge < -0.3 is 9.31 Å². The molecule has 0 aromatic heterocycles. The Hall–Kier alpha value is -0.0151. The standard InChI is InChI=1S/C20H43BO2/c1-4-7-10-12-14-16-19-22-21(18-9-6-3)23-20-17-15-13-11-8-5-2/h4-20H2,1-3H3. The molecule has 0 aliphatic rings. The Balaban J connectivity index is 3.56. The summed E-state index contributed by atoms with van der Waals surface area (Å²) in [4.78, 5) is 0. The van der Waals surface area contributed by atoms with Gasteiger partial charge in [-0.2, -0.15) is 0 Å². The van der Waals surface area contributed by atoms with Crippen LogP contribution in [0.4, 0.5) is 0 Å². The van der Waals surface area contributed by atoms with Crippen molar-refractivity contribution in [2.45, 2.75) is 117 Å². The third-order valence-corrected chi connectivity index (χ3v) is 4.40. The second kappa shape index (κ2) is 20.0. The Morgan fingerprint density at radius 3 is 1.30 bits per heavy atom. The van der Waals surface area contributed by atoms with Gasteiger partial charge in [0.2, 0.25) is 0 Å². The normalized spacial score (nSPS) is 11.1. The van der Waals surface area contributed by atoms with E-state index in [9.17, 15) is 0 Å². The highest BCUT2D eigenvalue weighted by Gasteiger charge is 2.16. The smallest absolute Gasteiger partial charge is 0.411 e. The summed E-state index contributed by atoms with van der Waals surface area (Å²) in [5, 5.41) is 0. The monoisotopic (exact) mass is 326 g/mol. The molecule has 0 saturated heterocycles. The molecule has 0 aromatic rings. The second-order valence-corrected chi connectivity index (χ2v) is 6.85. The summed E-state index contributed by atoms with van der Waals surface area (Å²) in [6.45, 7) is 8.51. The Morgan fingerprint density at radius 2 is 0.870 bits per heavy atom. The number of hydrogen-bond acceptors (Lipinski definition) is 2. The summed E-state index contributed by atoms with van der Waals surface area (Å²) in [6, 6.07) is 0. The molecule has 0 rings (SSSR count). The Bertz CT molecular complexity index is 194. The van der Waals surface area contributed by atoms with Crippen molar-refractivity contribution in [3.63, 3.8) is 0 Å². The van der Waals surface area contributed by atoms with Crippen LogP contribution in [0.5, 0.6) is 0 Å². The molecule has 0 unspecified atom stereocenters. The lowest BCUT2D eigenvalue weighted by Crippen LogP contribution is -2.24. The molecule has 0 bridgehead atoms. The van der Waals surface area contributed by atoms with Crippen LogP contribution in [0.1, 0.15) is 111 Å². The number of unbranched alkanes of at least 4 members (excludes halogenated alkanes) is 11. The first-order valence-electron chi connectivity index (χ1n) is 10.6. The topological polar surface area (TPSA) is 18.5 Å². The van der Waals surface area contributed by atoms with Crippen molar-refractivity contribution in [1.82, 2.24) is 0 Å². The van der Waals surface area contributed by atoms with Crippen LogP contribution in [0.3, 0.4) is 0 Å². The van der Waals surface area contributed by atoms with Gasteiger partial charge in [0.15, 0.2) is 0 Å². The van der Waals surface area contributed by atoms with Gasteiger partial charge in [-0.15, -0.1) is 0 Å². The molecule has 0 radical (unpaired) electrons. The third-order valence-electron chi connectivity index (χ3n) is 4.40. The van der Waals surface area contributed by atoms with Crippen LogP contribution < -0.4 is 0 Å². The fourth-order valence-corrected chi connectivity index (χ4v) is 2.78. The predicted molar refractivity (Wildman–Crippen MR) is 104 cm³/mol. The zero-order valence-corrected chi connectivity index (χ0v) is 16.4. The SMILES string of the molecule is CCCCCCCCOB(CCCC)OCCCCCCCC. The van der Waals surface area contributed by atoms with Crippen LogP contribution >= 0.6 is 0 Å². The summed E-state index contributed by atoms with van der Waals surface area (Å²) in [7, 11) is 0.0428. The van der Waals surface area contributed by atoms with Gasteiger partial charge in [0.1, 0.15) is 0 Å². The van der Waals surface area contributed by atoms with Crippen LogP contribution in [0.2, 0.25) is 6.32 Å². The summed E-state index contributed by atoms with van der Waals surface area (Å²) in [5.41, 5.74) is 0. The van der Waals surface area contributed by atoms with Crippen LogP contribution in [0.15, 0.2) is 0 Å². The maximum Gasteiger partial charge on any atom is 0.456 e. The fraction of sp³-hybridized carbons (Fsp3) is 1.00. The number of hydrogen-bond donors (Lipinski definition) is 0. The van der Waals surface area contributed by atoms with Crippen molar-refractivity contribution in [1.29, 1.82) is 0 Å². The second-order valence-electron chi connectivity index (χ2n) is 6.85. The third kappa shape index (κ3) is 18.2. The quantitative estimate of drug-likeness (QED) is 0.187. The maximum absolute atomic E-state index is 5.97. The lowest BCUT2D eigenvalue weighted by molar-refractivity contribution is 0.188. The molecule has 3 heteroatoms. The van der Waals surface area contributed by atoms with Crippen LogP contribution in [0.25, 0.3) is 0 Å². The van der Waals surface area contributed by atoms with Crippen molar-refractivity contribution >= 4 is 7.12 Å². The van der Waals surface area contributed by atoms with E-state index in [0.29, 0.717) is 0 Å². The van der Waals surface area contributed by atoms with Gasteiger partial charge in [-0.3, -0.25) is 0 Å². The first-order chi connectivity index (χ1) is 11.3. The summed E-state index contributed by atoms with van der Waals surface area (Å²) < 4.78 is 11.9. The van der Waals surface area contributed by atoms with E-state index in [1.807, 2.05) is 0 Å². The van der Waals surface area contributed by atoms with Gasteiger partial charge in [0.25, 0.3) is 0 Å². The Morgan fingerprint density at radius 1 is 0.478 bits per heavy atom. The molecule has 0 N–H and O–H groups in total. The molecule has 0 aliphatic carbocycles. The Kier molecular flexibility index (Phi) is 20.0. The molecule has 0 atom stereocenters. The predicted octanol–water partition coefficient (Wildman–Crippen LogP) is 7.03. The maximum atomic E-state index is 5.97. The van der Waals surface area contributed by atoms with E-state index in [1.165, 1.54) is 89.9 Å². The van der Waals surface area contributed by atoms with E-state index in [1.54, 1.807) is 0 Å². The largest absolute Gasteiger partial charge is 0.456 e. The van der Waals surface area contributed by atoms with E-state index in [-0.39, 0.29) is 7.12 Å². The van der Waals surface area contributed by atoms with E-state index >= 15 is 0 Å². The first kappa shape index (κ1) is 23.0. The molecule has 0 saturated carbocycles. The minimum Gasteiger partial charge on any atom is -0.411 e. The van der Waals surface area contributed by atoms with Crippen molar-refractivity contribution in [2.24, 2.45) is 0 Å². The van der Waals surface area contributed by atoms with E-state index in [2.05, 4.69) is 20.8 Å². The molecular weight excluding hydrogens is 283 g/mol. The van der Waals surface area contributed by atoms with Crippen LogP contribution in [0, 0.1) is 0 Å². The van der Waals surface area contributed by atoms with Crippen molar-refractivity contribution in [3.05, 3.63) is 0 Å². The molecule has 138 valence electrons. The summed E-state index contributed by atoms with van der Waals surface area (Å²) in [6.07, 6.45) is 19.3. The zero-order valence-electron chi connectivity index (χ0n) is 16.4. The van der Waals surface area contributed by atoms with Crippen LogP contribution in [-0.2, 0) is 9.31 Å². The molecule has 0 spiro atoms. The average Bonchev–Trinajstić information content (AvgIpc) is 2.57. The van der Waals surface area contributed by atoms with Gasteiger partial charge in [0.05, 0.1) is 0 Å². The van der Waals surface area contributed by atoms with Gasteiger partial charge in [-0.1, -0.05) is 97.8 Å². The van der Waals surface area contributed by atoms with Gasteiger partial charge in [-0.05, 0) is 19.2 Å². The molecule has 0 heterocycles. The highest BCUT2D eigenvalue weighted by Crippen LogP contribution is 2.10.